The summed E-state index contributed by atoms with van der Waals surface area (Å²) in [4.78, 5) is 43.9. The summed E-state index contributed by atoms with van der Waals surface area (Å²) in [6, 6.07) is 14.0. The van der Waals surface area contributed by atoms with E-state index in [2.05, 4.69) is 10.3 Å². The number of nitrogens with zero attached hydrogens (tertiary/aromatic N) is 3. The number of aliphatic carboxylic acids is 2. The molecule has 1 saturated carbocycles. The minimum Gasteiger partial charge on any atom is -0.480 e. The summed E-state index contributed by atoms with van der Waals surface area (Å²) in [6.45, 7) is -0.235. The number of carboxylic acids is 2. The van der Waals surface area contributed by atoms with Crippen molar-refractivity contribution in [3.8, 4) is 0 Å². The van der Waals surface area contributed by atoms with Crippen molar-refractivity contribution in [2.75, 3.05) is 25.0 Å². The van der Waals surface area contributed by atoms with E-state index in [0.717, 1.165) is 25.0 Å². The molecular weight excluding hydrogens is 424 g/mol. The van der Waals surface area contributed by atoms with Crippen LogP contribution in [0.3, 0.4) is 0 Å². The van der Waals surface area contributed by atoms with E-state index in [-0.39, 0.29) is 37.6 Å². The Bertz CT molecular complexity index is 925. The Hall–Kier alpha value is -3.30. The number of amides is 1. The third-order valence-electron chi connectivity index (χ3n) is 5.80. The molecule has 2 aromatic rings. The molecule has 1 unspecified atom stereocenters. The summed E-state index contributed by atoms with van der Waals surface area (Å²) in [5.74, 6) is -2.29. The van der Waals surface area contributed by atoms with E-state index in [1.165, 1.54) is 0 Å². The zero-order valence-electron chi connectivity index (χ0n) is 18.5. The summed E-state index contributed by atoms with van der Waals surface area (Å²) in [5, 5.41) is 21.9. The van der Waals surface area contributed by atoms with E-state index in [1.54, 1.807) is 29.3 Å². The minimum absolute atomic E-state index is 0.0904. The van der Waals surface area contributed by atoms with Crippen LogP contribution in [0.1, 0.15) is 31.4 Å². The molecule has 0 saturated heterocycles. The van der Waals surface area contributed by atoms with E-state index in [9.17, 15) is 24.6 Å². The quantitative estimate of drug-likeness (QED) is 0.473. The van der Waals surface area contributed by atoms with Gasteiger partial charge in [0, 0.05) is 30.5 Å². The highest BCUT2D eigenvalue weighted by Gasteiger charge is 2.36. The van der Waals surface area contributed by atoms with Gasteiger partial charge in [-0.1, -0.05) is 37.1 Å². The standard InChI is InChI=1S/C24H30N4O5/c29-22(26-18-8-2-1-3-9-18)15-28(17-24(32)33)21-12-5-4-11-20(21)27(16-23(30)31)14-19-10-6-7-13-25-19/h1-3,6-10,13,20-21H,4-5,11-12,14-17H2,(H,26,29)(H,30,31)(H,32,33)/t20-,21?/m0/s1. The Kier molecular flexibility index (Phi) is 8.91. The first kappa shape index (κ1) is 24.3. The molecule has 1 heterocycles. The largest absolute Gasteiger partial charge is 0.480 e. The Labute approximate surface area is 193 Å². The number of para-hydroxylation sites is 1. The molecule has 3 N–H and O–H groups in total. The van der Waals surface area contributed by atoms with Crippen LogP contribution in [0.4, 0.5) is 5.69 Å². The number of hydrogen-bond acceptors (Lipinski definition) is 6. The maximum absolute atomic E-state index is 12.7. The van der Waals surface area contributed by atoms with Crippen molar-refractivity contribution >= 4 is 23.5 Å². The van der Waals surface area contributed by atoms with Crippen LogP contribution >= 0.6 is 0 Å². The number of carbonyl (C=O) groups is 3. The lowest BCUT2D eigenvalue weighted by atomic mass is 9.87. The van der Waals surface area contributed by atoms with Gasteiger partial charge in [0.2, 0.25) is 5.91 Å². The number of nitrogens with one attached hydrogen (secondary N) is 1. The van der Waals surface area contributed by atoms with Gasteiger partial charge in [-0.2, -0.15) is 0 Å². The van der Waals surface area contributed by atoms with E-state index in [4.69, 9.17) is 0 Å². The number of hydrogen-bond donors (Lipinski definition) is 3. The number of carbonyl (C=O) groups excluding carboxylic acids is 1. The smallest absolute Gasteiger partial charge is 0.317 e. The van der Waals surface area contributed by atoms with E-state index >= 15 is 0 Å². The summed E-state index contributed by atoms with van der Waals surface area (Å²) in [5.41, 5.74) is 1.38. The van der Waals surface area contributed by atoms with Crippen molar-refractivity contribution in [3.63, 3.8) is 0 Å². The monoisotopic (exact) mass is 454 g/mol. The lowest BCUT2D eigenvalue weighted by Crippen LogP contribution is -2.56. The number of carboxylic acid groups (broad SMARTS) is 2. The van der Waals surface area contributed by atoms with Crippen LogP contribution in [0.25, 0.3) is 0 Å². The normalized spacial score (nSPS) is 18.2. The molecule has 2 atom stereocenters. The second-order valence-electron chi connectivity index (χ2n) is 8.25. The maximum atomic E-state index is 12.7. The summed E-state index contributed by atoms with van der Waals surface area (Å²) < 4.78 is 0. The van der Waals surface area contributed by atoms with Crippen LogP contribution in [0.15, 0.2) is 54.7 Å². The number of benzene rings is 1. The average molecular weight is 455 g/mol. The molecule has 9 nitrogen and oxygen atoms in total. The van der Waals surface area contributed by atoms with E-state index in [1.807, 2.05) is 35.2 Å². The summed E-state index contributed by atoms with van der Waals surface area (Å²) in [6.07, 6.45) is 4.88. The second-order valence-corrected chi connectivity index (χ2v) is 8.25. The predicted molar refractivity (Wildman–Crippen MR) is 123 cm³/mol. The Balaban J connectivity index is 1.80. The molecule has 1 aliphatic rings. The average Bonchev–Trinajstić information content (AvgIpc) is 2.79. The van der Waals surface area contributed by atoms with Gasteiger partial charge >= 0.3 is 11.9 Å². The van der Waals surface area contributed by atoms with Gasteiger partial charge in [0.1, 0.15) is 0 Å². The summed E-state index contributed by atoms with van der Waals surface area (Å²) in [7, 11) is 0. The SMILES string of the molecule is O=C(O)CN(CC(=O)Nc1ccccc1)C1CCCC[C@@H]1N(CC(=O)O)Cc1ccccn1. The van der Waals surface area contributed by atoms with Gasteiger partial charge in [-0.3, -0.25) is 29.2 Å². The van der Waals surface area contributed by atoms with Gasteiger partial charge in [0.05, 0.1) is 25.3 Å². The Morgan fingerprint density at radius 1 is 0.848 bits per heavy atom. The molecule has 1 aliphatic carbocycles. The maximum Gasteiger partial charge on any atom is 0.317 e. The first-order valence-corrected chi connectivity index (χ1v) is 11.1. The molecule has 1 amide bonds. The first-order valence-electron chi connectivity index (χ1n) is 11.1. The third-order valence-corrected chi connectivity index (χ3v) is 5.80. The van der Waals surface area contributed by atoms with Crippen molar-refractivity contribution in [3.05, 3.63) is 60.4 Å². The molecule has 0 radical (unpaired) electrons. The first-order chi connectivity index (χ1) is 15.9. The van der Waals surface area contributed by atoms with Gasteiger partial charge in [0.25, 0.3) is 0 Å². The lowest BCUT2D eigenvalue weighted by Gasteiger charge is -2.44. The molecule has 176 valence electrons. The molecule has 1 fully saturated rings. The molecule has 0 bridgehead atoms. The molecule has 9 heteroatoms. The highest BCUT2D eigenvalue weighted by atomic mass is 16.4. The zero-order valence-corrected chi connectivity index (χ0v) is 18.5. The van der Waals surface area contributed by atoms with Gasteiger partial charge in [-0.15, -0.1) is 0 Å². The van der Waals surface area contributed by atoms with Crippen LogP contribution in [0.2, 0.25) is 0 Å². The highest BCUT2D eigenvalue weighted by Crippen LogP contribution is 2.28. The number of rotatable bonds is 11. The van der Waals surface area contributed by atoms with Crippen molar-refractivity contribution < 1.29 is 24.6 Å². The van der Waals surface area contributed by atoms with Crippen LogP contribution in [-0.2, 0) is 20.9 Å². The highest BCUT2D eigenvalue weighted by molar-refractivity contribution is 5.92. The second kappa shape index (κ2) is 12.1. The fraction of sp³-hybridized carbons (Fsp3) is 0.417. The number of pyridine rings is 1. The molecule has 0 spiro atoms. The lowest BCUT2D eigenvalue weighted by molar-refractivity contribution is -0.143. The van der Waals surface area contributed by atoms with E-state index < -0.39 is 11.9 Å². The van der Waals surface area contributed by atoms with Crippen molar-refractivity contribution in [2.45, 2.75) is 44.3 Å². The molecule has 1 aromatic carbocycles. The van der Waals surface area contributed by atoms with Crippen molar-refractivity contribution in [2.24, 2.45) is 0 Å². The summed E-state index contributed by atoms with van der Waals surface area (Å²) >= 11 is 0. The van der Waals surface area contributed by atoms with Gasteiger partial charge in [-0.05, 0) is 37.1 Å². The molecule has 0 aliphatic heterocycles. The predicted octanol–water partition coefficient (Wildman–Crippen LogP) is 2.30. The topological polar surface area (TPSA) is 123 Å². The fourth-order valence-corrected chi connectivity index (χ4v) is 4.48. The molecule has 33 heavy (non-hydrogen) atoms. The Morgan fingerprint density at radius 2 is 1.45 bits per heavy atom. The van der Waals surface area contributed by atoms with Gasteiger partial charge in [0.15, 0.2) is 0 Å². The van der Waals surface area contributed by atoms with Gasteiger partial charge in [-0.25, -0.2) is 0 Å². The van der Waals surface area contributed by atoms with Crippen molar-refractivity contribution in [1.82, 2.24) is 14.8 Å². The van der Waals surface area contributed by atoms with Crippen LogP contribution in [0.5, 0.6) is 0 Å². The molecule has 3 rings (SSSR count). The van der Waals surface area contributed by atoms with Crippen LogP contribution in [0, 0.1) is 0 Å². The number of aromatic nitrogens is 1. The molecule has 1 aromatic heterocycles. The number of anilines is 1. The zero-order chi connectivity index (χ0) is 23.6. The molecular formula is C24H30N4O5. The third kappa shape index (κ3) is 7.65. The minimum atomic E-state index is -1.03. The van der Waals surface area contributed by atoms with Gasteiger partial charge < -0.3 is 15.5 Å². The van der Waals surface area contributed by atoms with Crippen molar-refractivity contribution in [1.29, 1.82) is 0 Å². The van der Waals surface area contributed by atoms with E-state index in [0.29, 0.717) is 18.7 Å². The van der Waals surface area contributed by atoms with Crippen LogP contribution in [-0.4, -0.2) is 74.6 Å². The van der Waals surface area contributed by atoms with Crippen LogP contribution < -0.4 is 5.32 Å². The Morgan fingerprint density at radius 3 is 2.06 bits per heavy atom. The fourth-order valence-electron chi connectivity index (χ4n) is 4.48.